The van der Waals surface area contributed by atoms with E-state index in [0.29, 0.717) is 55.4 Å². The van der Waals surface area contributed by atoms with Crippen molar-refractivity contribution in [3.8, 4) is 5.88 Å². The molecule has 2 fully saturated rings. The molecule has 3 aromatic rings. The standard InChI is InChI=1S/C29H28F9N5O/c30-27(31,32)18-1-3-19(4-2-18)41-20-7-11-43(12-8-20)25-16-26(40-17-39-25)44-22-9-13-42(14-10-22)21-5-6-23(28(33,34)35)24(15-21)29(36,37)38/h1-6,15-17,20,22,41H,7-14H2. The number of alkyl halides is 9. The van der Waals surface area contributed by atoms with Crippen molar-refractivity contribution in [1.29, 1.82) is 0 Å². The van der Waals surface area contributed by atoms with Crippen LogP contribution in [0.5, 0.6) is 5.88 Å². The highest BCUT2D eigenvalue weighted by Gasteiger charge is 2.43. The van der Waals surface area contributed by atoms with E-state index in [9.17, 15) is 39.5 Å². The highest BCUT2D eigenvalue weighted by molar-refractivity contribution is 5.53. The van der Waals surface area contributed by atoms with E-state index in [1.807, 2.05) is 4.90 Å². The molecule has 0 amide bonds. The maximum atomic E-state index is 13.4. The van der Waals surface area contributed by atoms with Crippen LogP contribution in [0.25, 0.3) is 0 Å². The maximum absolute atomic E-state index is 13.4. The van der Waals surface area contributed by atoms with Gasteiger partial charge in [0.05, 0.1) is 16.7 Å². The zero-order valence-corrected chi connectivity index (χ0v) is 23.1. The molecule has 2 aromatic carbocycles. The average molecular weight is 634 g/mol. The van der Waals surface area contributed by atoms with Crippen molar-refractivity contribution < 1.29 is 44.3 Å². The van der Waals surface area contributed by atoms with Gasteiger partial charge >= 0.3 is 18.5 Å². The highest BCUT2D eigenvalue weighted by atomic mass is 19.4. The molecule has 0 bridgehead atoms. The summed E-state index contributed by atoms with van der Waals surface area (Å²) in [7, 11) is 0. The minimum atomic E-state index is -5.15. The van der Waals surface area contributed by atoms with Crippen LogP contribution in [0.4, 0.5) is 56.7 Å². The fourth-order valence-electron chi connectivity index (χ4n) is 5.42. The SMILES string of the molecule is FC(F)(F)c1ccc(NC2CCN(c3cc(OC4CCN(c5ccc(C(F)(F)F)c(C(F)(F)F)c5)CC4)ncn3)CC2)cc1. The Morgan fingerprint density at radius 2 is 1.27 bits per heavy atom. The summed E-state index contributed by atoms with van der Waals surface area (Å²) >= 11 is 0. The van der Waals surface area contributed by atoms with Gasteiger partial charge in [0, 0.05) is 62.5 Å². The Morgan fingerprint density at radius 1 is 0.659 bits per heavy atom. The van der Waals surface area contributed by atoms with Gasteiger partial charge in [-0.2, -0.15) is 39.5 Å². The van der Waals surface area contributed by atoms with Crippen LogP contribution in [0, 0.1) is 0 Å². The van der Waals surface area contributed by atoms with Crippen LogP contribution in [-0.2, 0) is 18.5 Å². The first-order chi connectivity index (χ1) is 20.7. The molecule has 15 heteroatoms. The van der Waals surface area contributed by atoms with Gasteiger partial charge in [-0.1, -0.05) is 0 Å². The number of nitrogens with one attached hydrogen (secondary N) is 1. The lowest BCUT2D eigenvalue weighted by Gasteiger charge is -2.35. The summed E-state index contributed by atoms with van der Waals surface area (Å²) < 4.78 is 124. The molecule has 6 nitrogen and oxygen atoms in total. The number of hydrogen-bond acceptors (Lipinski definition) is 6. The molecule has 5 rings (SSSR count). The van der Waals surface area contributed by atoms with Crippen molar-refractivity contribution in [3.05, 3.63) is 71.5 Å². The van der Waals surface area contributed by atoms with Gasteiger partial charge in [0.25, 0.3) is 0 Å². The molecule has 1 N–H and O–H groups in total. The third-order valence-electron chi connectivity index (χ3n) is 7.74. The number of ether oxygens (including phenoxy) is 1. The Labute approximate surface area is 246 Å². The molecule has 44 heavy (non-hydrogen) atoms. The number of hydrogen-bond donors (Lipinski definition) is 1. The van der Waals surface area contributed by atoms with Crippen LogP contribution in [0.15, 0.2) is 54.9 Å². The summed E-state index contributed by atoms with van der Waals surface area (Å²) in [5, 5.41) is 3.27. The molecule has 0 saturated carbocycles. The van der Waals surface area contributed by atoms with Crippen molar-refractivity contribution in [3.63, 3.8) is 0 Å². The van der Waals surface area contributed by atoms with Crippen LogP contribution < -0.4 is 19.9 Å². The summed E-state index contributed by atoms with van der Waals surface area (Å²) in [6.45, 7) is 1.84. The number of anilines is 3. The van der Waals surface area contributed by atoms with E-state index in [-0.39, 0.29) is 30.9 Å². The lowest BCUT2D eigenvalue weighted by atomic mass is 10.0. The fraction of sp³-hybridized carbons (Fsp3) is 0.448. The molecule has 2 aliphatic rings. The summed E-state index contributed by atoms with van der Waals surface area (Å²) in [6.07, 6.45) is -11.3. The first-order valence-electron chi connectivity index (χ1n) is 13.9. The molecule has 1 aromatic heterocycles. The molecule has 0 aliphatic carbocycles. The van der Waals surface area contributed by atoms with E-state index in [4.69, 9.17) is 4.74 Å². The average Bonchev–Trinajstić information content (AvgIpc) is 2.97. The van der Waals surface area contributed by atoms with E-state index in [1.165, 1.54) is 18.5 Å². The van der Waals surface area contributed by atoms with Gasteiger partial charge < -0.3 is 19.9 Å². The number of rotatable bonds is 6. The molecule has 0 atom stereocenters. The van der Waals surface area contributed by atoms with Crippen molar-refractivity contribution in [1.82, 2.24) is 9.97 Å². The van der Waals surface area contributed by atoms with E-state index < -0.39 is 35.2 Å². The van der Waals surface area contributed by atoms with E-state index in [2.05, 4.69) is 15.3 Å². The minimum Gasteiger partial charge on any atom is -0.474 e. The molecular weight excluding hydrogens is 605 g/mol. The Hall–Kier alpha value is -3.91. The molecular formula is C29H28F9N5O. The molecule has 3 heterocycles. The minimum absolute atomic E-state index is 0.0595. The van der Waals surface area contributed by atoms with Crippen molar-refractivity contribution in [2.75, 3.05) is 41.3 Å². The molecule has 2 aliphatic heterocycles. The number of aromatic nitrogens is 2. The monoisotopic (exact) mass is 633 g/mol. The maximum Gasteiger partial charge on any atom is 0.417 e. The smallest absolute Gasteiger partial charge is 0.417 e. The van der Waals surface area contributed by atoms with Gasteiger partial charge in [0.2, 0.25) is 5.88 Å². The Bertz CT molecular complexity index is 1410. The van der Waals surface area contributed by atoms with Gasteiger partial charge in [0.15, 0.2) is 0 Å². The molecule has 0 radical (unpaired) electrons. The van der Waals surface area contributed by atoms with Crippen LogP contribution in [0.3, 0.4) is 0 Å². The summed E-state index contributed by atoms with van der Waals surface area (Å²) in [6, 6.07) is 8.75. The second kappa shape index (κ2) is 12.2. The molecule has 0 unspecified atom stereocenters. The molecule has 2 saturated heterocycles. The third-order valence-corrected chi connectivity index (χ3v) is 7.74. The Balaban J connectivity index is 1.13. The summed E-state index contributed by atoms with van der Waals surface area (Å²) in [5.41, 5.74) is -3.47. The van der Waals surface area contributed by atoms with Crippen molar-refractivity contribution >= 4 is 17.2 Å². The Morgan fingerprint density at radius 3 is 1.86 bits per heavy atom. The summed E-state index contributed by atoms with van der Waals surface area (Å²) in [4.78, 5) is 12.2. The predicted octanol–water partition coefficient (Wildman–Crippen LogP) is 7.66. The van der Waals surface area contributed by atoms with Gasteiger partial charge in [-0.25, -0.2) is 9.97 Å². The fourth-order valence-corrected chi connectivity index (χ4v) is 5.42. The normalized spacial score (nSPS) is 17.6. The zero-order chi connectivity index (χ0) is 31.7. The van der Waals surface area contributed by atoms with Gasteiger partial charge in [-0.3, -0.25) is 0 Å². The van der Waals surface area contributed by atoms with Crippen LogP contribution in [-0.4, -0.2) is 48.3 Å². The van der Waals surface area contributed by atoms with Crippen molar-refractivity contribution in [2.45, 2.75) is 56.4 Å². The number of piperidine rings is 2. The van der Waals surface area contributed by atoms with Crippen molar-refractivity contribution in [2.24, 2.45) is 0 Å². The number of halogens is 9. The van der Waals surface area contributed by atoms with Gasteiger partial charge in [0.1, 0.15) is 18.2 Å². The lowest BCUT2D eigenvalue weighted by molar-refractivity contribution is -0.162. The first kappa shape index (κ1) is 31.5. The van der Waals surface area contributed by atoms with E-state index in [0.717, 1.165) is 31.0 Å². The first-order valence-corrected chi connectivity index (χ1v) is 13.9. The Kier molecular flexibility index (Phi) is 8.76. The second-order valence-electron chi connectivity index (χ2n) is 10.7. The zero-order valence-electron chi connectivity index (χ0n) is 23.1. The predicted molar refractivity (Wildman–Crippen MR) is 145 cm³/mol. The van der Waals surface area contributed by atoms with Gasteiger partial charge in [-0.05, 0) is 55.3 Å². The van der Waals surface area contributed by atoms with Crippen LogP contribution in [0.2, 0.25) is 0 Å². The van der Waals surface area contributed by atoms with Gasteiger partial charge in [-0.15, -0.1) is 0 Å². The van der Waals surface area contributed by atoms with Crippen LogP contribution >= 0.6 is 0 Å². The van der Waals surface area contributed by atoms with Crippen LogP contribution in [0.1, 0.15) is 42.4 Å². The van der Waals surface area contributed by atoms with E-state index in [1.54, 1.807) is 11.0 Å². The second-order valence-corrected chi connectivity index (χ2v) is 10.7. The topological polar surface area (TPSA) is 53.5 Å². The number of nitrogens with zero attached hydrogens (tertiary/aromatic N) is 4. The lowest BCUT2D eigenvalue weighted by Crippen LogP contribution is -2.40. The third kappa shape index (κ3) is 7.59. The molecule has 238 valence electrons. The summed E-state index contributed by atoms with van der Waals surface area (Å²) in [5.74, 6) is 0.970. The number of benzene rings is 2. The largest absolute Gasteiger partial charge is 0.474 e. The quantitative estimate of drug-likeness (QED) is 0.282. The highest BCUT2D eigenvalue weighted by Crippen LogP contribution is 2.42. The molecule has 0 spiro atoms. The van der Waals surface area contributed by atoms with E-state index >= 15 is 0 Å².